The van der Waals surface area contributed by atoms with Crippen molar-refractivity contribution < 1.29 is 4.74 Å². The summed E-state index contributed by atoms with van der Waals surface area (Å²) in [5, 5.41) is 1.07. The van der Waals surface area contributed by atoms with Crippen molar-refractivity contribution in [1.29, 1.82) is 0 Å². The minimum Gasteiger partial charge on any atom is -0.382 e. The smallest absolute Gasteiger partial charge is 0.0548 e. The van der Waals surface area contributed by atoms with Crippen LogP contribution in [0, 0.1) is 11.3 Å². The number of hydrogen-bond acceptors (Lipinski definition) is 1. The third-order valence-electron chi connectivity index (χ3n) is 2.78. The molecule has 0 radical (unpaired) electrons. The first-order valence-electron chi connectivity index (χ1n) is 4.52. The number of alkyl halides is 1. The van der Waals surface area contributed by atoms with Crippen molar-refractivity contribution >= 4 is 15.9 Å². The fourth-order valence-electron chi connectivity index (χ4n) is 1.23. The first-order valence-corrected chi connectivity index (χ1v) is 5.65. The number of ether oxygens (including phenoxy) is 1. The Labute approximate surface area is 85.0 Å². The highest BCUT2D eigenvalue weighted by Gasteiger charge is 2.26. The Hall–Kier alpha value is 0.440. The van der Waals surface area contributed by atoms with E-state index >= 15 is 0 Å². The zero-order chi connectivity index (χ0) is 9.78. The van der Waals surface area contributed by atoms with E-state index in [1.54, 1.807) is 7.11 Å². The molecule has 0 heterocycles. The molecule has 2 atom stereocenters. The summed E-state index contributed by atoms with van der Waals surface area (Å²) in [5.74, 6) is 0.690. The molecule has 0 aromatic rings. The highest BCUT2D eigenvalue weighted by atomic mass is 79.9. The summed E-state index contributed by atoms with van der Waals surface area (Å²) >= 11 is 3.52. The molecule has 1 nitrogen and oxygen atoms in total. The van der Waals surface area contributed by atoms with Crippen LogP contribution in [-0.4, -0.2) is 18.5 Å². The van der Waals surface area contributed by atoms with Gasteiger partial charge in [-0.15, -0.1) is 0 Å². The van der Waals surface area contributed by atoms with Crippen LogP contribution in [0.25, 0.3) is 0 Å². The SMILES string of the molecule is COC(C)CC(C)(C)[C@@H](C)CBr. The van der Waals surface area contributed by atoms with Gasteiger partial charge in [-0.3, -0.25) is 0 Å². The Morgan fingerprint density at radius 2 is 1.83 bits per heavy atom. The normalized spacial score (nSPS) is 17.5. The fraction of sp³-hybridized carbons (Fsp3) is 1.00. The van der Waals surface area contributed by atoms with Gasteiger partial charge in [-0.05, 0) is 24.7 Å². The van der Waals surface area contributed by atoms with E-state index in [1.807, 2.05) is 0 Å². The Morgan fingerprint density at radius 3 is 2.17 bits per heavy atom. The summed E-state index contributed by atoms with van der Waals surface area (Å²) in [6.45, 7) is 9.00. The predicted molar refractivity (Wildman–Crippen MR) is 57.8 cm³/mol. The van der Waals surface area contributed by atoms with Gasteiger partial charge in [-0.1, -0.05) is 36.7 Å². The van der Waals surface area contributed by atoms with Gasteiger partial charge in [-0.25, -0.2) is 0 Å². The summed E-state index contributed by atoms with van der Waals surface area (Å²) in [6.07, 6.45) is 1.48. The van der Waals surface area contributed by atoms with Crippen molar-refractivity contribution in [2.75, 3.05) is 12.4 Å². The van der Waals surface area contributed by atoms with Gasteiger partial charge in [0.1, 0.15) is 0 Å². The van der Waals surface area contributed by atoms with Gasteiger partial charge in [-0.2, -0.15) is 0 Å². The van der Waals surface area contributed by atoms with E-state index in [0.717, 1.165) is 11.8 Å². The number of methoxy groups -OCH3 is 1. The van der Waals surface area contributed by atoms with Gasteiger partial charge >= 0.3 is 0 Å². The van der Waals surface area contributed by atoms with Crippen LogP contribution in [0.5, 0.6) is 0 Å². The zero-order valence-corrected chi connectivity index (χ0v) is 10.4. The Kier molecular flexibility index (Phi) is 5.42. The highest BCUT2D eigenvalue weighted by Crippen LogP contribution is 2.33. The van der Waals surface area contributed by atoms with Crippen LogP contribution in [-0.2, 0) is 4.74 Å². The van der Waals surface area contributed by atoms with E-state index in [2.05, 4.69) is 43.6 Å². The summed E-state index contributed by atoms with van der Waals surface area (Å²) in [4.78, 5) is 0. The van der Waals surface area contributed by atoms with Crippen molar-refractivity contribution in [3.05, 3.63) is 0 Å². The largest absolute Gasteiger partial charge is 0.382 e. The maximum Gasteiger partial charge on any atom is 0.0548 e. The number of rotatable bonds is 5. The molecule has 0 spiro atoms. The van der Waals surface area contributed by atoms with Crippen molar-refractivity contribution in [3.8, 4) is 0 Å². The van der Waals surface area contributed by atoms with Gasteiger partial charge in [0.25, 0.3) is 0 Å². The zero-order valence-electron chi connectivity index (χ0n) is 8.86. The van der Waals surface area contributed by atoms with E-state index in [4.69, 9.17) is 4.74 Å². The molecule has 0 fully saturated rings. The third kappa shape index (κ3) is 3.90. The van der Waals surface area contributed by atoms with Gasteiger partial charge in [0.15, 0.2) is 0 Å². The molecule has 0 aliphatic heterocycles. The van der Waals surface area contributed by atoms with Crippen LogP contribution in [0.1, 0.15) is 34.1 Å². The van der Waals surface area contributed by atoms with Crippen molar-refractivity contribution in [3.63, 3.8) is 0 Å². The quantitative estimate of drug-likeness (QED) is 0.665. The van der Waals surface area contributed by atoms with E-state index in [1.165, 1.54) is 0 Å². The maximum absolute atomic E-state index is 5.27. The van der Waals surface area contributed by atoms with Crippen LogP contribution in [0.3, 0.4) is 0 Å². The summed E-state index contributed by atoms with van der Waals surface area (Å²) in [7, 11) is 1.78. The fourth-order valence-corrected chi connectivity index (χ4v) is 2.11. The Morgan fingerprint density at radius 1 is 1.33 bits per heavy atom. The predicted octanol–water partition coefficient (Wildman–Crippen LogP) is 3.47. The molecule has 0 aliphatic carbocycles. The first kappa shape index (κ1) is 12.4. The Balaban J connectivity index is 4.02. The second-order valence-electron chi connectivity index (χ2n) is 4.29. The van der Waals surface area contributed by atoms with Gasteiger partial charge in [0, 0.05) is 12.4 Å². The molecule has 0 N–H and O–H groups in total. The molecule has 0 saturated carbocycles. The van der Waals surface area contributed by atoms with Crippen LogP contribution in [0.2, 0.25) is 0 Å². The van der Waals surface area contributed by atoms with Crippen molar-refractivity contribution in [1.82, 2.24) is 0 Å². The summed E-state index contributed by atoms with van der Waals surface area (Å²) in [5.41, 5.74) is 0.360. The van der Waals surface area contributed by atoms with E-state index in [9.17, 15) is 0 Å². The first-order chi connectivity index (χ1) is 5.44. The molecule has 0 saturated heterocycles. The minimum atomic E-state index is 0.360. The molecule has 0 aromatic heterocycles. The molecule has 0 bridgehead atoms. The summed E-state index contributed by atoms with van der Waals surface area (Å²) in [6, 6.07) is 0. The molecule has 2 heteroatoms. The number of halogens is 1. The molecule has 0 aromatic carbocycles. The highest BCUT2D eigenvalue weighted by molar-refractivity contribution is 9.09. The molecular formula is C10H21BrO. The average molecular weight is 237 g/mol. The molecule has 74 valence electrons. The second kappa shape index (κ2) is 5.23. The standard InChI is InChI=1S/C10H21BrO/c1-8(7-11)10(3,4)6-9(2)12-5/h8-9H,6-7H2,1-5H3/t8-,9?/m0/s1. The molecule has 0 aliphatic rings. The molecule has 1 unspecified atom stereocenters. The van der Waals surface area contributed by atoms with Gasteiger partial charge in [0.05, 0.1) is 6.10 Å². The lowest BCUT2D eigenvalue weighted by Crippen LogP contribution is -2.27. The van der Waals surface area contributed by atoms with E-state index in [-0.39, 0.29) is 0 Å². The lowest BCUT2D eigenvalue weighted by Gasteiger charge is -2.32. The molecule has 0 amide bonds. The van der Waals surface area contributed by atoms with Crippen molar-refractivity contribution in [2.24, 2.45) is 11.3 Å². The van der Waals surface area contributed by atoms with Crippen LogP contribution in [0.15, 0.2) is 0 Å². The topological polar surface area (TPSA) is 9.23 Å². The monoisotopic (exact) mass is 236 g/mol. The lowest BCUT2D eigenvalue weighted by molar-refractivity contribution is 0.0601. The minimum absolute atomic E-state index is 0.360. The van der Waals surface area contributed by atoms with E-state index in [0.29, 0.717) is 17.4 Å². The molecule has 0 rings (SSSR count). The van der Waals surface area contributed by atoms with Crippen LogP contribution in [0.4, 0.5) is 0 Å². The molecular weight excluding hydrogens is 216 g/mol. The Bertz CT molecular complexity index is 123. The molecule has 12 heavy (non-hydrogen) atoms. The maximum atomic E-state index is 5.27. The van der Waals surface area contributed by atoms with Crippen LogP contribution < -0.4 is 0 Å². The average Bonchev–Trinajstić information content (AvgIpc) is 2.02. The third-order valence-corrected chi connectivity index (χ3v) is 3.75. The van der Waals surface area contributed by atoms with Gasteiger partial charge < -0.3 is 4.74 Å². The lowest BCUT2D eigenvalue weighted by atomic mass is 9.77. The van der Waals surface area contributed by atoms with E-state index < -0.39 is 0 Å². The summed E-state index contributed by atoms with van der Waals surface area (Å²) < 4.78 is 5.27. The van der Waals surface area contributed by atoms with Crippen molar-refractivity contribution in [2.45, 2.75) is 40.2 Å². The van der Waals surface area contributed by atoms with Gasteiger partial charge in [0.2, 0.25) is 0 Å². The van der Waals surface area contributed by atoms with Crippen LogP contribution >= 0.6 is 15.9 Å². The second-order valence-corrected chi connectivity index (χ2v) is 4.94. The number of hydrogen-bond donors (Lipinski definition) is 0.